The Bertz CT molecular complexity index is 704. The Morgan fingerprint density at radius 2 is 1.95 bits per heavy atom. The fourth-order valence-electron chi connectivity index (χ4n) is 2.83. The molecule has 2 atom stereocenters. The smallest absolute Gasteiger partial charge is 0.231 e. The molecule has 21 heavy (non-hydrogen) atoms. The van der Waals surface area contributed by atoms with Crippen molar-refractivity contribution in [3.05, 3.63) is 52.5 Å². The Labute approximate surface area is 127 Å². The molecule has 1 unspecified atom stereocenters. The molecule has 0 bridgehead atoms. The summed E-state index contributed by atoms with van der Waals surface area (Å²) in [6.07, 6.45) is 0.564. The van der Waals surface area contributed by atoms with Crippen LogP contribution in [-0.2, 0) is 0 Å². The highest BCUT2D eigenvalue weighted by Crippen LogP contribution is 2.45. The molecule has 0 radical (unpaired) electrons. The first-order valence-electron chi connectivity index (χ1n) is 6.82. The van der Waals surface area contributed by atoms with Gasteiger partial charge < -0.3 is 19.9 Å². The predicted octanol–water partition coefficient (Wildman–Crippen LogP) is 3.59. The zero-order chi connectivity index (χ0) is 14.4. The lowest BCUT2D eigenvalue weighted by Crippen LogP contribution is -2.24. The summed E-state index contributed by atoms with van der Waals surface area (Å²) < 4.78 is 16.8. The maximum Gasteiger partial charge on any atom is 0.231 e. The first kappa shape index (κ1) is 12.8. The molecule has 0 aromatic heterocycles. The van der Waals surface area contributed by atoms with E-state index in [2.05, 4.69) is 0 Å². The monoisotopic (exact) mass is 303 g/mol. The molecule has 0 amide bonds. The second-order valence-electron chi connectivity index (χ2n) is 5.22. The maximum atomic E-state index is 6.26. The van der Waals surface area contributed by atoms with E-state index in [9.17, 15) is 0 Å². The zero-order valence-electron chi connectivity index (χ0n) is 11.2. The fourth-order valence-corrected chi connectivity index (χ4v) is 3.10. The van der Waals surface area contributed by atoms with Crippen LogP contribution in [0, 0.1) is 0 Å². The molecule has 108 valence electrons. The normalized spacial score (nSPS) is 22.6. The highest BCUT2D eigenvalue weighted by atomic mass is 35.5. The second-order valence-corrected chi connectivity index (χ2v) is 5.63. The van der Waals surface area contributed by atoms with Gasteiger partial charge in [0.15, 0.2) is 11.5 Å². The molecule has 2 heterocycles. The van der Waals surface area contributed by atoms with Crippen molar-refractivity contribution < 1.29 is 14.2 Å². The van der Waals surface area contributed by atoms with Gasteiger partial charge in [-0.15, -0.1) is 0 Å². The van der Waals surface area contributed by atoms with E-state index in [0.717, 1.165) is 16.9 Å². The standard InChI is InChI=1S/C16H14ClNO3/c17-11-5-9(6-15-16(11)20-8-19-15)14-7-12(18)10-3-1-2-4-13(10)21-14/h1-6,12,14H,7-8,18H2/t12-,14?/m1/s1. The molecule has 2 aromatic carbocycles. The second kappa shape index (κ2) is 4.83. The van der Waals surface area contributed by atoms with E-state index in [0.29, 0.717) is 22.9 Å². The van der Waals surface area contributed by atoms with Crippen LogP contribution in [0.15, 0.2) is 36.4 Å². The van der Waals surface area contributed by atoms with Gasteiger partial charge in [0, 0.05) is 18.0 Å². The Balaban J connectivity index is 1.71. The summed E-state index contributed by atoms with van der Waals surface area (Å²) in [5, 5.41) is 0.538. The van der Waals surface area contributed by atoms with Gasteiger partial charge in [0.1, 0.15) is 11.9 Å². The van der Waals surface area contributed by atoms with Gasteiger partial charge in [0.2, 0.25) is 6.79 Å². The molecular weight excluding hydrogens is 290 g/mol. The van der Waals surface area contributed by atoms with Crippen LogP contribution in [0.2, 0.25) is 5.02 Å². The van der Waals surface area contributed by atoms with Crippen LogP contribution in [0.4, 0.5) is 0 Å². The lowest BCUT2D eigenvalue weighted by atomic mass is 9.93. The summed E-state index contributed by atoms with van der Waals surface area (Å²) in [4.78, 5) is 0. The summed E-state index contributed by atoms with van der Waals surface area (Å²) in [5.74, 6) is 2.09. The summed E-state index contributed by atoms with van der Waals surface area (Å²) in [6.45, 7) is 0.201. The minimum Gasteiger partial charge on any atom is -0.485 e. The summed E-state index contributed by atoms with van der Waals surface area (Å²) in [5.41, 5.74) is 8.25. The largest absolute Gasteiger partial charge is 0.485 e. The van der Waals surface area contributed by atoms with E-state index in [1.54, 1.807) is 0 Å². The molecule has 0 aliphatic carbocycles. The molecule has 4 nitrogen and oxygen atoms in total. The van der Waals surface area contributed by atoms with Crippen LogP contribution in [0.3, 0.4) is 0 Å². The number of benzene rings is 2. The van der Waals surface area contributed by atoms with Crippen molar-refractivity contribution in [2.75, 3.05) is 6.79 Å². The number of fused-ring (bicyclic) bond motifs is 2. The minimum absolute atomic E-state index is 0.0517. The van der Waals surface area contributed by atoms with Crippen molar-refractivity contribution in [3.63, 3.8) is 0 Å². The molecular formula is C16H14ClNO3. The molecule has 2 aliphatic heterocycles. The van der Waals surface area contributed by atoms with E-state index in [1.165, 1.54) is 0 Å². The van der Waals surface area contributed by atoms with Gasteiger partial charge in [0.25, 0.3) is 0 Å². The van der Waals surface area contributed by atoms with Crippen LogP contribution >= 0.6 is 11.6 Å². The molecule has 2 aromatic rings. The fraction of sp³-hybridized carbons (Fsp3) is 0.250. The number of ether oxygens (including phenoxy) is 3. The third-order valence-electron chi connectivity index (χ3n) is 3.88. The summed E-state index contributed by atoms with van der Waals surface area (Å²) in [7, 11) is 0. The molecule has 0 saturated heterocycles. The average molecular weight is 304 g/mol. The Morgan fingerprint density at radius 1 is 1.10 bits per heavy atom. The Morgan fingerprint density at radius 3 is 2.86 bits per heavy atom. The molecule has 0 saturated carbocycles. The van der Waals surface area contributed by atoms with E-state index >= 15 is 0 Å². The van der Waals surface area contributed by atoms with Crippen LogP contribution in [0.25, 0.3) is 0 Å². The van der Waals surface area contributed by atoms with Gasteiger partial charge in [-0.3, -0.25) is 0 Å². The minimum atomic E-state index is -0.137. The molecule has 4 rings (SSSR count). The Hall–Kier alpha value is -1.91. The summed E-state index contributed by atoms with van der Waals surface area (Å²) >= 11 is 6.24. The lowest BCUT2D eigenvalue weighted by molar-refractivity contribution is 0.160. The quantitative estimate of drug-likeness (QED) is 0.874. The predicted molar refractivity (Wildman–Crippen MR) is 78.9 cm³/mol. The first-order chi connectivity index (χ1) is 10.2. The number of para-hydroxylation sites is 1. The highest BCUT2D eigenvalue weighted by molar-refractivity contribution is 6.32. The lowest BCUT2D eigenvalue weighted by Gasteiger charge is -2.30. The van der Waals surface area contributed by atoms with E-state index in [-0.39, 0.29) is 18.9 Å². The molecule has 2 N–H and O–H groups in total. The van der Waals surface area contributed by atoms with Crippen LogP contribution < -0.4 is 19.9 Å². The maximum absolute atomic E-state index is 6.26. The van der Waals surface area contributed by atoms with Crippen molar-refractivity contribution >= 4 is 11.6 Å². The van der Waals surface area contributed by atoms with Crippen LogP contribution in [0.1, 0.15) is 29.7 Å². The van der Waals surface area contributed by atoms with Gasteiger partial charge in [-0.2, -0.15) is 0 Å². The molecule has 5 heteroatoms. The first-order valence-corrected chi connectivity index (χ1v) is 7.20. The van der Waals surface area contributed by atoms with Crippen molar-refractivity contribution in [1.82, 2.24) is 0 Å². The van der Waals surface area contributed by atoms with Crippen LogP contribution in [-0.4, -0.2) is 6.79 Å². The third kappa shape index (κ3) is 2.11. The van der Waals surface area contributed by atoms with E-state index in [1.807, 2.05) is 36.4 Å². The average Bonchev–Trinajstić information content (AvgIpc) is 2.96. The summed E-state index contributed by atoms with van der Waals surface area (Å²) in [6, 6.07) is 11.6. The van der Waals surface area contributed by atoms with Gasteiger partial charge >= 0.3 is 0 Å². The van der Waals surface area contributed by atoms with E-state index in [4.69, 9.17) is 31.5 Å². The SMILES string of the molecule is N[C@@H]1CC(c2cc(Cl)c3c(c2)OCO3)Oc2ccccc21. The number of halogens is 1. The van der Waals surface area contributed by atoms with Crippen molar-refractivity contribution in [2.24, 2.45) is 5.73 Å². The molecule has 2 aliphatic rings. The number of hydrogen-bond donors (Lipinski definition) is 1. The highest BCUT2D eigenvalue weighted by Gasteiger charge is 2.29. The zero-order valence-corrected chi connectivity index (χ0v) is 12.0. The van der Waals surface area contributed by atoms with Gasteiger partial charge in [-0.05, 0) is 23.8 Å². The number of nitrogens with two attached hydrogens (primary N) is 1. The third-order valence-corrected chi connectivity index (χ3v) is 4.16. The van der Waals surface area contributed by atoms with Crippen molar-refractivity contribution in [3.8, 4) is 17.2 Å². The molecule has 0 spiro atoms. The van der Waals surface area contributed by atoms with Gasteiger partial charge in [0.05, 0.1) is 5.02 Å². The molecule has 0 fully saturated rings. The van der Waals surface area contributed by atoms with Gasteiger partial charge in [-0.1, -0.05) is 29.8 Å². The number of hydrogen-bond acceptors (Lipinski definition) is 4. The Kier molecular flexibility index (Phi) is 2.94. The van der Waals surface area contributed by atoms with E-state index < -0.39 is 0 Å². The van der Waals surface area contributed by atoms with Crippen molar-refractivity contribution in [1.29, 1.82) is 0 Å². The van der Waals surface area contributed by atoms with Gasteiger partial charge in [-0.25, -0.2) is 0 Å². The topological polar surface area (TPSA) is 53.7 Å². The number of rotatable bonds is 1. The van der Waals surface area contributed by atoms with Crippen molar-refractivity contribution in [2.45, 2.75) is 18.6 Å². The van der Waals surface area contributed by atoms with Crippen LogP contribution in [0.5, 0.6) is 17.2 Å².